The van der Waals surface area contributed by atoms with E-state index in [1.54, 1.807) is 31.2 Å². The van der Waals surface area contributed by atoms with Gasteiger partial charge in [-0.25, -0.2) is 13.1 Å². The van der Waals surface area contributed by atoms with E-state index in [-0.39, 0.29) is 4.90 Å². The fraction of sp³-hybridized carbons (Fsp3) is 0.278. The summed E-state index contributed by atoms with van der Waals surface area (Å²) in [4.78, 5) is 0.0756. The molecule has 0 saturated heterocycles. The Morgan fingerprint density at radius 1 is 1.07 bits per heavy atom. The zero-order valence-electron chi connectivity index (χ0n) is 15.8. The van der Waals surface area contributed by atoms with Crippen molar-refractivity contribution in [3.8, 4) is 17.2 Å². The monoisotopic (exact) mass is 403 g/mol. The minimum absolute atomic E-state index is 0.0756. The van der Waals surface area contributed by atoms with Crippen LogP contribution in [0.25, 0.3) is 5.69 Å². The van der Waals surface area contributed by atoms with Gasteiger partial charge in [-0.05, 0) is 61.0 Å². The van der Waals surface area contributed by atoms with Crippen LogP contribution in [-0.2, 0) is 10.0 Å². The number of hydrogen-bond donors (Lipinski definition) is 1. The fourth-order valence-corrected chi connectivity index (χ4v) is 3.79. The molecule has 3 rings (SSSR count). The molecule has 0 aliphatic rings. The molecule has 1 N–H and O–H groups in total. The molecular formula is C18H21N5O4S. The maximum absolute atomic E-state index is 12.9. The molecule has 2 aromatic carbocycles. The predicted molar refractivity (Wildman–Crippen MR) is 103 cm³/mol. The van der Waals surface area contributed by atoms with Gasteiger partial charge in [0, 0.05) is 6.07 Å². The Balaban J connectivity index is 1.94. The molecule has 148 valence electrons. The number of ether oxygens (including phenoxy) is 2. The fourth-order valence-electron chi connectivity index (χ4n) is 2.66. The first-order valence-corrected chi connectivity index (χ1v) is 10.2. The van der Waals surface area contributed by atoms with E-state index in [1.165, 1.54) is 23.1 Å². The summed E-state index contributed by atoms with van der Waals surface area (Å²) in [5, 5.41) is 11.1. The predicted octanol–water partition coefficient (Wildman–Crippen LogP) is 2.57. The topological polar surface area (TPSA) is 108 Å². The first-order chi connectivity index (χ1) is 13.5. The highest BCUT2D eigenvalue weighted by molar-refractivity contribution is 7.92. The average Bonchev–Trinajstić information content (AvgIpc) is 3.19. The second-order valence-corrected chi connectivity index (χ2v) is 7.47. The number of nitrogens with zero attached hydrogens (tertiary/aromatic N) is 4. The molecule has 1 aromatic heterocycles. The lowest BCUT2D eigenvalue weighted by molar-refractivity contribution is 0.287. The lowest BCUT2D eigenvalue weighted by atomic mass is 10.1. The zero-order chi connectivity index (χ0) is 20.1. The standard InChI is InChI=1S/C18H21N5O4S/c1-4-26-17-10-9-14(11-18(17)27-5-2)28(24,25)20-15-7-6-8-16(13(15)3)23-12-19-21-22-23/h6-12,20H,4-5H2,1-3H3. The molecule has 3 aromatic rings. The van der Waals surface area contributed by atoms with Crippen LogP contribution >= 0.6 is 0 Å². The molecule has 1 heterocycles. The maximum Gasteiger partial charge on any atom is 0.262 e. The highest BCUT2D eigenvalue weighted by Crippen LogP contribution is 2.31. The van der Waals surface area contributed by atoms with Crippen molar-refractivity contribution in [2.75, 3.05) is 17.9 Å². The normalized spacial score (nSPS) is 11.2. The van der Waals surface area contributed by atoms with Gasteiger partial charge in [0.1, 0.15) is 6.33 Å². The lowest BCUT2D eigenvalue weighted by Gasteiger charge is -2.15. The third-order valence-electron chi connectivity index (χ3n) is 3.97. The van der Waals surface area contributed by atoms with E-state index in [4.69, 9.17) is 9.47 Å². The minimum atomic E-state index is -3.84. The molecule has 0 atom stereocenters. The maximum atomic E-state index is 12.9. The van der Waals surface area contributed by atoms with Crippen LogP contribution < -0.4 is 14.2 Å². The van der Waals surface area contributed by atoms with Gasteiger partial charge in [-0.15, -0.1) is 5.10 Å². The largest absolute Gasteiger partial charge is 0.490 e. The van der Waals surface area contributed by atoms with Crippen molar-refractivity contribution < 1.29 is 17.9 Å². The number of benzene rings is 2. The number of tetrazole rings is 1. The molecular weight excluding hydrogens is 382 g/mol. The third-order valence-corrected chi connectivity index (χ3v) is 5.33. The Morgan fingerprint density at radius 3 is 2.50 bits per heavy atom. The van der Waals surface area contributed by atoms with Gasteiger partial charge in [-0.1, -0.05) is 6.07 Å². The van der Waals surface area contributed by atoms with E-state index in [0.717, 1.165) is 0 Å². The van der Waals surface area contributed by atoms with Gasteiger partial charge in [-0.2, -0.15) is 0 Å². The molecule has 9 nitrogen and oxygen atoms in total. The van der Waals surface area contributed by atoms with Gasteiger partial charge >= 0.3 is 0 Å². The van der Waals surface area contributed by atoms with Gasteiger partial charge in [-0.3, -0.25) is 4.72 Å². The summed E-state index contributed by atoms with van der Waals surface area (Å²) in [6, 6.07) is 9.74. The molecule has 10 heteroatoms. The van der Waals surface area contributed by atoms with Crippen molar-refractivity contribution in [2.45, 2.75) is 25.7 Å². The Kier molecular flexibility index (Phi) is 5.78. The smallest absolute Gasteiger partial charge is 0.262 e. The summed E-state index contributed by atoms with van der Waals surface area (Å²) in [6.45, 7) is 6.31. The molecule has 0 spiro atoms. The summed E-state index contributed by atoms with van der Waals surface area (Å²) in [7, 11) is -3.84. The van der Waals surface area contributed by atoms with Crippen LogP contribution in [0.1, 0.15) is 19.4 Å². The second kappa shape index (κ2) is 8.26. The number of hydrogen-bond acceptors (Lipinski definition) is 7. The second-order valence-electron chi connectivity index (χ2n) is 5.78. The number of nitrogens with one attached hydrogen (secondary N) is 1. The van der Waals surface area contributed by atoms with Gasteiger partial charge < -0.3 is 9.47 Å². The van der Waals surface area contributed by atoms with Crippen molar-refractivity contribution in [3.63, 3.8) is 0 Å². The molecule has 0 bridgehead atoms. The van der Waals surface area contributed by atoms with Crippen LogP contribution in [0.4, 0.5) is 5.69 Å². The van der Waals surface area contributed by atoms with Crippen molar-refractivity contribution in [1.29, 1.82) is 0 Å². The first-order valence-electron chi connectivity index (χ1n) is 8.71. The highest BCUT2D eigenvalue weighted by atomic mass is 32.2. The zero-order valence-corrected chi connectivity index (χ0v) is 16.6. The van der Waals surface area contributed by atoms with Crippen LogP contribution in [0, 0.1) is 6.92 Å². The molecule has 0 radical (unpaired) electrons. The number of anilines is 1. The van der Waals surface area contributed by atoms with E-state index >= 15 is 0 Å². The van der Waals surface area contributed by atoms with Crippen LogP contribution in [0.3, 0.4) is 0 Å². The number of sulfonamides is 1. The SMILES string of the molecule is CCOc1ccc(S(=O)(=O)Nc2cccc(-n3cnnn3)c2C)cc1OCC. The Labute approximate surface area is 163 Å². The van der Waals surface area contributed by atoms with E-state index in [2.05, 4.69) is 20.2 Å². The van der Waals surface area contributed by atoms with Crippen LogP contribution in [0.15, 0.2) is 47.6 Å². The lowest BCUT2D eigenvalue weighted by Crippen LogP contribution is -2.15. The summed E-state index contributed by atoms with van der Waals surface area (Å²) in [6.07, 6.45) is 1.45. The molecule has 0 aliphatic heterocycles. The number of aromatic nitrogens is 4. The van der Waals surface area contributed by atoms with E-state index in [9.17, 15) is 8.42 Å². The van der Waals surface area contributed by atoms with E-state index < -0.39 is 10.0 Å². The van der Waals surface area contributed by atoms with Crippen molar-refractivity contribution >= 4 is 15.7 Å². The van der Waals surface area contributed by atoms with Crippen LogP contribution in [0.2, 0.25) is 0 Å². The van der Waals surface area contributed by atoms with Gasteiger partial charge in [0.2, 0.25) is 0 Å². The highest BCUT2D eigenvalue weighted by Gasteiger charge is 2.19. The quantitative estimate of drug-likeness (QED) is 0.616. The average molecular weight is 403 g/mol. The minimum Gasteiger partial charge on any atom is -0.490 e. The van der Waals surface area contributed by atoms with Crippen LogP contribution in [0.5, 0.6) is 11.5 Å². The molecule has 0 saturated carbocycles. The van der Waals surface area contributed by atoms with Crippen molar-refractivity contribution in [2.24, 2.45) is 0 Å². The molecule has 0 unspecified atom stereocenters. The number of rotatable bonds is 8. The van der Waals surface area contributed by atoms with E-state index in [1.807, 2.05) is 13.8 Å². The van der Waals surface area contributed by atoms with Crippen molar-refractivity contribution in [3.05, 3.63) is 48.3 Å². The van der Waals surface area contributed by atoms with Gasteiger partial charge in [0.25, 0.3) is 10.0 Å². The Morgan fingerprint density at radius 2 is 1.82 bits per heavy atom. The summed E-state index contributed by atoms with van der Waals surface area (Å²) in [5.41, 5.74) is 1.79. The summed E-state index contributed by atoms with van der Waals surface area (Å²) in [5.74, 6) is 0.881. The summed E-state index contributed by atoms with van der Waals surface area (Å²) >= 11 is 0. The van der Waals surface area contributed by atoms with Crippen molar-refractivity contribution in [1.82, 2.24) is 20.2 Å². The van der Waals surface area contributed by atoms with E-state index in [0.29, 0.717) is 41.7 Å². The van der Waals surface area contributed by atoms with Gasteiger partial charge in [0.15, 0.2) is 11.5 Å². The van der Waals surface area contributed by atoms with Gasteiger partial charge in [0.05, 0.1) is 29.5 Å². The molecule has 0 fully saturated rings. The molecule has 0 aliphatic carbocycles. The van der Waals surface area contributed by atoms with Crippen LogP contribution in [-0.4, -0.2) is 41.8 Å². The molecule has 0 amide bonds. The Bertz CT molecular complexity index is 1050. The molecule has 28 heavy (non-hydrogen) atoms. The third kappa shape index (κ3) is 4.06. The summed E-state index contributed by atoms with van der Waals surface area (Å²) < 4.78 is 40.9. The Hall–Kier alpha value is -3.14. The first kappa shape index (κ1) is 19.6.